The molecule has 192 valence electrons. The molecule has 1 aromatic carbocycles. The van der Waals surface area contributed by atoms with Crippen LogP contribution in [0.2, 0.25) is 0 Å². The molecule has 0 bridgehead atoms. The highest BCUT2D eigenvalue weighted by molar-refractivity contribution is 5.94. The smallest absolute Gasteiger partial charge is 0.419 e. The number of benzene rings is 1. The van der Waals surface area contributed by atoms with Gasteiger partial charge >= 0.3 is 6.18 Å². The van der Waals surface area contributed by atoms with Gasteiger partial charge in [0.2, 0.25) is 11.8 Å². The molecule has 0 aliphatic carbocycles. The van der Waals surface area contributed by atoms with Crippen LogP contribution in [0.15, 0.2) is 65.0 Å². The fourth-order valence-corrected chi connectivity index (χ4v) is 4.77. The standard InChI is InChI=1S/C27H26F3N5O2/c1-15(2)22-26(37-4)33-20(25(34-22)36-3)13-17-9-10-19(24-31-11-12-35(17)24)23-21(27(28,29)30)18-8-6-5-7-16(18)14-32-23/h5-12,14-15,20,22H,13H2,1-4H3/t20-,22+/m0/s1. The molecule has 4 heterocycles. The van der Waals surface area contributed by atoms with Crippen molar-refractivity contribution in [2.24, 2.45) is 15.9 Å². The van der Waals surface area contributed by atoms with Gasteiger partial charge in [0.25, 0.3) is 0 Å². The predicted molar refractivity (Wildman–Crippen MR) is 136 cm³/mol. The second kappa shape index (κ2) is 9.49. The summed E-state index contributed by atoms with van der Waals surface area (Å²) in [6, 6.07) is 9.07. The maximum absolute atomic E-state index is 14.3. The number of aromatic nitrogens is 3. The first-order valence-electron chi connectivity index (χ1n) is 11.9. The lowest BCUT2D eigenvalue weighted by Crippen LogP contribution is -2.38. The minimum atomic E-state index is -4.60. The lowest BCUT2D eigenvalue weighted by molar-refractivity contribution is -0.136. The van der Waals surface area contributed by atoms with Gasteiger partial charge in [-0.2, -0.15) is 13.2 Å². The van der Waals surface area contributed by atoms with Crippen LogP contribution in [0.1, 0.15) is 25.1 Å². The molecule has 0 N–H and O–H groups in total. The van der Waals surface area contributed by atoms with Crippen LogP contribution in [-0.4, -0.2) is 52.5 Å². The number of alkyl halides is 3. The summed E-state index contributed by atoms with van der Waals surface area (Å²) < 4.78 is 55.7. The van der Waals surface area contributed by atoms with Crippen LogP contribution >= 0.6 is 0 Å². The van der Waals surface area contributed by atoms with E-state index in [0.717, 1.165) is 5.69 Å². The number of hydrogen-bond acceptors (Lipinski definition) is 6. The van der Waals surface area contributed by atoms with E-state index in [-0.39, 0.29) is 28.6 Å². The van der Waals surface area contributed by atoms with Crippen LogP contribution in [0.5, 0.6) is 0 Å². The molecule has 0 amide bonds. The Bertz CT molecular complexity index is 1520. The Labute approximate surface area is 211 Å². The van der Waals surface area contributed by atoms with E-state index in [9.17, 15) is 13.2 Å². The quantitative estimate of drug-likeness (QED) is 0.359. The average Bonchev–Trinajstić information content (AvgIpc) is 3.37. The molecule has 0 spiro atoms. The Kier molecular flexibility index (Phi) is 6.35. The predicted octanol–water partition coefficient (Wildman–Crippen LogP) is 5.61. The number of aliphatic imine (C=N–C) groups is 2. The summed E-state index contributed by atoms with van der Waals surface area (Å²) in [5, 5.41) is 0.517. The first-order valence-corrected chi connectivity index (χ1v) is 11.9. The molecule has 37 heavy (non-hydrogen) atoms. The Morgan fingerprint density at radius 2 is 1.73 bits per heavy atom. The van der Waals surface area contributed by atoms with Crippen molar-refractivity contribution in [2.45, 2.75) is 38.5 Å². The van der Waals surface area contributed by atoms with Gasteiger partial charge in [0.15, 0.2) is 0 Å². The van der Waals surface area contributed by atoms with Crippen LogP contribution in [0.25, 0.3) is 27.7 Å². The first kappa shape index (κ1) is 24.7. The lowest BCUT2D eigenvalue weighted by Gasteiger charge is -2.27. The molecular formula is C27H26F3N5O2. The molecule has 10 heteroatoms. The number of ether oxygens (including phenoxy) is 2. The molecule has 0 saturated carbocycles. The van der Waals surface area contributed by atoms with Crippen molar-refractivity contribution in [3.8, 4) is 11.3 Å². The molecule has 4 aromatic rings. The molecule has 1 aliphatic rings. The SMILES string of the molecule is COC1=N[C@H](C(C)C)C(OC)=N[C@H]1Cc1ccc(-c2ncc3ccccc3c2C(F)(F)F)c2nccn12. The van der Waals surface area contributed by atoms with E-state index in [4.69, 9.17) is 19.5 Å². The summed E-state index contributed by atoms with van der Waals surface area (Å²) in [4.78, 5) is 18.1. The zero-order chi connectivity index (χ0) is 26.3. The summed E-state index contributed by atoms with van der Waals surface area (Å²) in [5.41, 5.74) is 0.497. The van der Waals surface area contributed by atoms with Crippen LogP contribution in [0.4, 0.5) is 13.2 Å². The molecule has 0 radical (unpaired) electrons. The Balaban J connectivity index is 1.61. The number of methoxy groups -OCH3 is 2. The van der Waals surface area contributed by atoms with Crippen molar-refractivity contribution in [3.05, 3.63) is 66.2 Å². The number of rotatable bonds is 4. The van der Waals surface area contributed by atoms with Gasteiger partial charge in [0, 0.05) is 41.7 Å². The van der Waals surface area contributed by atoms with Crippen molar-refractivity contribution < 1.29 is 22.6 Å². The normalized spacial score (nSPS) is 18.3. The maximum atomic E-state index is 14.3. The highest BCUT2D eigenvalue weighted by atomic mass is 19.4. The topological polar surface area (TPSA) is 73.4 Å². The van der Waals surface area contributed by atoms with E-state index < -0.39 is 17.8 Å². The Morgan fingerprint density at radius 1 is 0.973 bits per heavy atom. The molecule has 7 nitrogen and oxygen atoms in total. The van der Waals surface area contributed by atoms with Crippen molar-refractivity contribution in [2.75, 3.05) is 14.2 Å². The number of imidazole rings is 1. The summed E-state index contributed by atoms with van der Waals surface area (Å²) >= 11 is 0. The molecule has 0 unspecified atom stereocenters. The monoisotopic (exact) mass is 509 g/mol. The van der Waals surface area contributed by atoms with Gasteiger partial charge in [-0.05, 0) is 23.4 Å². The number of hydrogen-bond donors (Lipinski definition) is 0. The average molecular weight is 510 g/mol. The zero-order valence-electron chi connectivity index (χ0n) is 20.8. The van der Waals surface area contributed by atoms with Crippen LogP contribution in [-0.2, 0) is 22.1 Å². The van der Waals surface area contributed by atoms with Gasteiger partial charge in [-0.25, -0.2) is 15.0 Å². The van der Waals surface area contributed by atoms with E-state index in [2.05, 4.69) is 9.97 Å². The van der Waals surface area contributed by atoms with Gasteiger partial charge in [0.05, 0.1) is 25.5 Å². The molecule has 1 aliphatic heterocycles. The minimum Gasteiger partial charge on any atom is -0.483 e. The Morgan fingerprint density at radius 3 is 2.43 bits per heavy atom. The molecule has 2 atom stereocenters. The Hall–Kier alpha value is -3.95. The van der Waals surface area contributed by atoms with Gasteiger partial charge in [0.1, 0.15) is 17.7 Å². The van der Waals surface area contributed by atoms with Crippen molar-refractivity contribution >= 4 is 28.2 Å². The largest absolute Gasteiger partial charge is 0.483 e. The van der Waals surface area contributed by atoms with Gasteiger partial charge < -0.3 is 13.9 Å². The molecule has 0 fully saturated rings. The number of nitrogens with zero attached hydrogens (tertiary/aromatic N) is 5. The van der Waals surface area contributed by atoms with Crippen molar-refractivity contribution in [1.29, 1.82) is 0 Å². The van der Waals surface area contributed by atoms with Gasteiger partial charge in [-0.1, -0.05) is 38.1 Å². The summed E-state index contributed by atoms with van der Waals surface area (Å²) in [7, 11) is 3.12. The van der Waals surface area contributed by atoms with E-state index in [1.54, 1.807) is 61.3 Å². The fraction of sp³-hybridized carbons (Fsp3) is 0.333. The third-order valence-electron chi connectivity index (χ3n) is 6.51. The summed E-state index contributed by atoms with van der Waals surface area (Å²) in [5.74, 6) is 1.17. The second-order valence-corrected chi connectivity index (χ2v) is 9.18. The third kappa shape index (κ3) is 4.41. The maximum Gasteiger partial charge on any atom is 0.419 e. The second-order valence-electron chi connectivity index (χ2n) is 9.18. The van der Waals surface area contributed by atoms with Gasteiger partial charge in [-0.3, -0.25) is 4.98 Å². The molecular weight excluding hydrogens is 483 g/mol. The van der Waals surface area contributed by atoms with E-state index in [0.29, 0.717) is 29.2 Å². The van der Waals surface area contributed by atoms with E-state index in [1.807, 2.05) is 13.8 Å². The number of pyridine rings is 2. The van der Waals surface area contributed by atoms with E-state index in [1.165, 1.54) is 12.3 Å². The minimum absolute atomic E-state index is 0.0954. The highest BCUT2D eigenvalue weighted by Gasteiger charge is 2.37. The zero-order valence-corrected chi connectivity index (χ0v) is 20.8. The van der Waals surface area contributed by atoms with Crippen molar-refractivity contribution in [3.63, 3.8) is 0 Å². The molecule has 5 rings (SSSR count). The van der Waals surface area contributed by atoms with Crippen LogP contribution in [0.3, 0.4) is 0 Å². The fourth-order valence-electron chi connectivity index (χ4n) is 4.77. The van der Waals surface area contributed by atoms with Crippen molar-refractivity contribution in [1.82, 2.24) is 14.4 Å². The third-order valence-corrected chi connectivity index (χ3v) is 6.51. The summed E-state index contributed by atoms with van der Waals surface area (Å²) in [6.45, 7) is 4.06. The van der Waals surface area contributed by atoms with Gasteiger partial charge in [-0.15, -0.1) is 0 Å². The van der Waals surface area contributed by atoms with Crippen LogP contribution < -0.4 is 0 Å². The lowest BCUT2D eigenvalue weighted by atomic mass is 9.99. The molecule has 0 saturated heterocycles. The van der Waals surface area contributed by atoms with E-state index >= 15 is 0 Å². The highest BCUT2D eigenvalue weighted by Crippen LogP contribution is 2.41. The molecule has 3 aromatic heterocycles. The number of halogens is 3. The van der Waals surface area contributed by atoms with Crippen LogP contribution in [0, 0.1) is 5.92 Å². The number of fused-ring (bicyclic) bond motifs is 2. The first-order chi connectivity index (χ1) is 17.7. The summed E-state index contributed by atoms with van der Waals surface area (Å²) in [6.07, 6.45) is 0.515.